The van der Waals surface area contributed by atoms with Gasteiger partial charge in [0.05, 0.1) is 30.8 Å². The van der Waals surface area contributed by atoms with E-state index in [9.17, 15) is 28.8 Å². The lowest BCUT2D eigenvalue weighted by Crippen LogP contribution is -2.47. The Bertz CT molecular complexity index is 1080. The van der Waals surface area contributed by atoms with Crippen LogP contribution in [0.5, 0.6) is 0 Å². The molecule has 0 unspecified atom stereocenters. The van der Waals surface area contributed by atoms with Crippen LogP contribution in [0, 0.1) is 11.8 Å². The molecule has 1 aromatic rings. The number of carbonyl (C=O) groups is 6. The van der Waals surface area contributed by atoms with Crippen LogP contribution in [0.25, 0.3) is 0 Å². The van der Waals surface area contributed by atoms with E-state index in [2.05, 4.69) is 16.1 Å². The molecule has 0 bridgehead atoms. The second kappa shape index (κ2) is 14.0. The summed E-state index contributed by atoms with van der Waals surface area (Å²) < 4.78 is 0. The first-order valence-corrected chi connectivity index (χ1v) is 12.2. The Morgan fingerprint density at radius 3 is 2.24 bits per heavy atom. The lowest BCUT2D eigenvalue weighted by Gasteiger charge is -2.23. The standard InChI is InChI=1S/C27H34N4O6/c1-5-7-9-14-19(32)15-22(33)30-21(18-12-10-8-11-13-18)16-23(34)29-20(6-2)25(35)24-17(3)26(36)31(28-4)27(24)37/h5,7-14,17,20-21,24,28H,6,15-16H2,1-4H3,(H,29,34)(H,30,33)/b7-5+,14-9+/t17-,20-,21-,24+/m0/s1. The fraction of sp³-hybridized carbons (Fsp3) is 0.407. The molecule has 1 heterocycles. The third kappa shape index (κ3) is 7.78. The van der Waals surface area contributed by atoms with E-state index in [1.54, 1.807) is 62.4 Å². The minimum atomic E-state index is -1.20. The molecule has 10 nitrogen and oxygen atoms in total. The molecule has 4 atom stereocenters. The predicted octanol–water partition coefficient (Wildman–Crippen LogP) is 1.54. The molecule has 1 fully saturated rings. The lowest BCUT2D eigenvalue weighted by molar-refractivity contribution is -0.144. The molecule has 1 saturated heterocycles. The van der Waals surface area contributed by atoms with E-state index < -0.39 is 53.3 Å². The van der Waals surface area contributed by atoms with Crippen LogP contribution in [0.15, 0.2) is 54.6 Å². The van der Waals surface area contributed by atoms with Gasteiger partial charge in [-0.1, -0.05) is 62.4 Å². The van der Waals surface area contributed by atoms with Gasteiger partial charge in [0, 0.05) is 7.05 Å². The van der Waals surface area contributed by atoms with Crippen LogP contribution in [0.1, 0.15) is 51.6 Å². The number of benzene rings is 1. The molecule has 0 radical (unpaired) electrons. The topological polar surface area (TPSA) is 142 Å². The van der Waals surface area contributed by atoms with Crippen molar-refractivity contribution in [3.05, 3.63) is 60.2 Å². The molecule has 2 rings (SSSR count). The van der Waals surface area contributed by atoms with Crippen LogP contribution in [0.2, 0.25) is 0 Å². The summed E-state index contributed by atoms with van der Waals surface area (Å²) in [6, 6.07) is 7.05. The zero-order valence-corrected chi connectivity index (χ0v) is 21.5. The van der Waals surface area contributed by atoms with Crippen molar-refractivity contribution in [2.45, 2.75) is 52.1 Å². The number of ketones is 2. The highest BCUT2D eigenvalue weighted by molar-refractivity contribution is 6.16. The second-order valence-electron chi connectivity index (χ2n) is 8.70. The largest absolute Gasteiger partial charge is 0.348 e. The maximum Gasteiger partial charge on any atom is 0.255 e. The number of imide groups is 1. The van der Waals surface area contributed by atoms with Gasteiger partial charge in [-0.25, -0.2) is 10.4 Å². The summed E-state index contributed by atoms with van der Waals surface area (Å²) in [7, 11) is 1.42. The van der Waals surface area contributed by atoms with E-state index in [0.717, 1.165) is 5.01 Å². The van der Waals surface area contributed by atoms with Gasteiger partial charge in [-0.3, -0.25) is 28.8 Å². The van der Waals surface area contributed by atoms with Crippen LogP contribution in [-0.4, -0.2) is 53.3 Å². The summed E-state index contributed by atoms with van der Waals surface area (Å²) in [5.41, 5.74) is 3.14. The van der Waals surface area contributed by atoms with Gasteiger partial charge < -0.3 is 10.6 Å². The first kappa shape index (κ1) is 29.3. The highest BCUT2D eigenvalue weighted by Crippen LogP contribution is 2.27. The second-order valence-corrected chi connectivity index (χ2v) is 8.70. The molecule has 10 heteroatoms. The fourth-order valence-corrected chi connectivity index (χ4v) is 4.10. The van der Waals surface area contributed by atoms with Crippen molar-refractivity contribution >= 4 is 35.2 Å². The van der Waals surface area contributed by atoms with Gasteiger partial charge >= 0.3 is 0 Å². The maximum absolute atomic E-state index is 13.1. The molecule has 198 valence electrons. The van der Waals surface area contributed by atoms with Crippen molar-refractivity contribution in [1.82, 2.24) is 21.1 Å². The van der Waals surface area contributed by atoms with Crippen molar-refractivity contribution in [2.24, 2.45) is 11.8 Å². The van der Waals surface area contributed by atoms with Crippen molar-refractivity contribution in [2.75, 3.05) is 7.05 Å². The number of nitrogens with one attached hydrogen (secondary N) is 3. The van der Waals surface area contributed by atoms with Crippen molar-refractivity contribution < 1.29 is 28.8 Å². The highest BCUT2D eigenvalue weighted by atomic mass is 16.2. The SMILES string of the molecule is C/C=C/C=C/C(=O)CC(=O)N[C@@H](CC(=O)N[C@@H](CC)C(=O)[C@@H]1C(=O)N(NC)C(=O)[C@H]1C)c1ccccc1. The van der Waals surface area contributed by atoms with Crippen LogP contribution in [-0.2, 0) is 28.8 Å². The van der Waals surface area contributed by atoms with Crippen LogP contribution in [0.3, 0.4) is 0 Å². The molecule has 0 spiro atoms. The van der Waals surface area contributed by atoms with Gasteiger partial charge in [-0.15, -0.1) is 0 Å². The summed E-state index contributed by atoms with van der Waals surface area (Å²) >= 11 is 0. The van der Waals surface area contributed by atoms with E-state index in [-0.39, 0.29) is 25.0 Å². The molecule has 1 aliphatic rings. The summed E-state index contributed by atoms with van der Waals surface area (Å²) in [4.78, 5) is 75.5. The number of hydrazine groups is 1. The Morgan fingerprint density at radius 1 is 1.00 bits per heavy atom. The Morgan fingerprint density at radius 2 is 1.68 bits per heavy atom. The molecule has 3 N–H and O–H groups in total. The average Bonchev–Trinajstić information content (AvgIpc) is 3.09. The average molecular weight is 511 g/mol. The first-order valence-electron chi connectivity index (χ1n) is 12.2. The number of rotatable bonds is 13. The number of amides is 4. The summed E-state index contributed by atoms with van der Waals surface area (Å²) in [5, 5.41) is 6.19. The minimum Gasteiger partial charge on any atom is -0.348 e. The first-order chi connectivity index (χ1) is 17.6. The van der Waals surface area contributed by atoms with Crippen LogP contribution >= 0.6 is 0 Å². The molecule has 0 saturated carbocycles. The van der Waals surface area contributed by atoms with E-state index >= 15 is 0 Å². The van der Waals surface area contributed by atoms with Gasteiger partial charge in [0.1, 0.15) is 5.92 Å². The number of hydrogen-bond acceptors (Lipinski definition) is 7. The predicted molar refractivity (Wildman–Crippen MR) is 136 cm³/mol. The quantitative estimate of drug-likeness (QED) is 0.158. The van der Waals surface area contributed by atoms with Gasteiger partial charge in [-0.05, 0) is 25.0 Å². The molecule has 4 amide bonds. The van der Waals surface area contributed by atoms with Crippen molar-refractivity contribution in [3.63, 3.8) is 0 Å². The Kier molecular flexibility index (Phi) is 11.1. The molecule has 1 aromatic carbocycles. The van der Waals surface area contributed by atoms with Gasteiger partial charge in [0.25, 0.3) is 5.91 Å². The zero-order valence-electron chi connectivity index (χ0n) is 21.5. The third-order valence-electron chi connectivity index (χ3n) is 6.06. The molecular formula is C27H34N4O6. The monoisotopic (exact) mass is 510 g/mol. The smallest absolute Gasteiger partial charge is 0.255 e. The summed E-state index contributed by atoms with van der Waals surface area (Å²) in [5.74, 6) is -5.21. The van der Waals surface area contributed by atoms with E-state index in [4.69, 9.17) is 0 Å². The molecule has 37 heavy (non-hydrogen) atoms. The fourth-order valence-electron chi connectivity index (χ4n) is 4.10. The van der Waals surface area contributed by atoms with Crippen molar-refractivity contribution in [3.8, 4) is 0 Å². The number of Topliss-reactive ketones (excluding diaryl/α,β-unsaturated/α-hetero) is 1. The van der Waals surface area contributed by atoms with E-state index in [1.165, 1.54) is 20.0 Å². The van der Waals surface area contributed by atoms with Crippen LogP contribution < -0.4 is 16.1 Å². The van der Waals surface area contributed by atoms with Crippen LogP contribution in [0.4, 0.5) is 0 Å². The Balaban J connectivity index is 2.11. The normalized spacial score (nSPS) is 19.3. The highest BCUT2D eigenvalue weighted by Gasteiger charge is 2.50. The summed E-state index contributed by atoms with van der Waals surface area (Å²) in [6.45, 7) is 5.00. The maximum atomic E-state index is 13.1. The minimum absolute atomic E-state index is 0.197. The zero-order chi connectivity index (χ0) is 27.5. The lowest BCUT2D eigenvalue weighted by atomic mass is 9.88. The number of allylic oxidation sites excluding steroid dienone is 4. The molecule has 0 aliphatic carbocycles. The third-order valence-corrected chi connectivity index (χ3v) is 6.06. The van der Waals surface area contributed by atoms with E-state index in [0.29, 0.717) is 5.56 Å². The molecule has 0 aromatic heterocycles. The van der Waals surface area contributed by atoms with Crippen molar-refractivity contribution in [1.29, 1.82) is 0 Å². The number of nitrogens with zero attached hydrogens (tertiary/aromatic N) is 1. The summed E-state index contributed by atoms with van der Waals surface area (Å²) in [6.07, 6.45) is 5.89. The number of hydrogen-bond donors (Lipinski definition) is 3. The van der Waals surface area contributed by atoms with Gasteiger partial charge in [-0.2, -0.15) is 0 Å². The Hall–Kier alpha value is -3.92. The Labute approximate surface area is 216 Å². The molecular weight excluding hydrogens is 476 g/mol. The number of carbonyl (C=O) groups excluding carboxylic acids is 6. The van der Waals surface area contributed by atoms with E-state index in [1.807, 2.05) is 0 Å². The molecule has 1 aliphatic heterocycles. The van der Waals surface area contributed by atoms with Gasteiger partial charge in [0.15, 0.2) is 11.6 Å². The van der Waals surface area contributed by atoms with Gasteiger partial charge in [0.2, 0.25) is 17.7 Å².